The van der Waals surface area contributed by atoms with Crippen LogP contribution in [-0.2, 0) is 27.7 Å². The maximum Gasteiger partial charge on any atom is 0.243 e. The quantitative estimate of drug-likeness (QED) is 0.610. The zero-order chi connectivity index (χ0) is 21.0. The Kier molecular flexibility index (Phi) is 6.20. The Morgan fingerprint density at radius 1 is 1.00 bits per heavy atom. The fourth-order valence-corrected chi connectivity index (χ4v) is 5.47. The molecule has 0 saturated carbocycles. The van der Waals surface area contributed by atoms with Gasteiger partial charge in [0.15, 0.2) is 0 Å². The Hall–Kier alpha value is -2.64. The first kappa shape index (κ1) is 20.6. The van der Waals surface area contributed by atoms with Crippen LogP contribution in [0.15, 0.2) is 59.6 Å². The third-order valence-electron chi connectivity index (χ3n) is 5.63. The molecule has 1 amide bonds. The number of hydrogen-bond acceptors (Lipinski definition) is 3. The molecule has 4 rings (SSSR count). The van der Waals surface area contributed by atoms with Crippen molar-refractivity contribution in [1.82, 2.24) is 14.6 Å². The minimum atomic E-state index is -3.43. The summed E-state index contributed by atoms with van der Waals surface area (Å²) in [5, 5.41) is 4.13. The van der Waals surface area contributed by atoms with Crippen LogP contribution in [0.2, 0.25) is 0 Å². The molecule has 2 aromatic carbocycles. The molecule has 1 aliphatic heterocycles. The van der Waals surface area contributed by atoms with E-state index in [1.54, 1.807) is 28.6 Å². The number of para-hydroxylation sites is 1. The maximum absolute atomic E-state index is 12.7. The molecule has 0 aliphatic carbocycles. The molecule has 2 N–H and O–H groups in total. The predicted octanol–water partition coefficient (Wildman–Crippen LogP) is 3.24. The van der Waals surface area contributed by atoms with Crippen molar-refractivity contribution in [1.29, 1.82) is 0 Å². The van der Waals surface area contributed by atoms with Gasteiger partial charge in [-0.05, 0) is 48.6 Å². The van der Waals surface area contributed by atoms with Crippen LogP contribution in [0, 0.1) is 0 Å². The van der Waals surface area contributed by atoms with Crippen molar-refractivity contribution in [3.05, 3.63) is 65.9 Å². The second-order valence-electron chi connectivity index (χ2n) is 7.74. The highest BCUT2D eigenvalue weighted by Crippen LogP contribution is 2.21. The first-order chi connectivity index (χ1) is 14.5. The van der Waals surface area contributed by atoms with Gasteiger partial charge in [0, 0.05) is 36.7 Å². The molecule has 0 bridgehead atoms. The van der Waals surface area contributed by atoms with Crippen molar-refractivity contribution in [2.24, 2.45) is 0 Å². The Labute approximate surface area is 177 Å². The number of benzene rings is 2. The van der Waals surface area contributed by atoms with Gasteiger partial charge in [0.1, 0.15) is 0 Å². The van der Waals surface area contributed by atoms with E-state index in [-0.39, 0.29) is 12.3 Å². The van der Waals surface area contributed by atoms with E-state index >= 15 is 0 Å². The summed E-state index contributed by atoms with van der Waals surface area (Å²) in [4.78, 5) is 15.8. The van der Waals surface area contributed by atoms with Gasteiger partial charge in [-0.15, -0.1) is 0 Å². The normalized spacial score (nSPS) is 15.3. The number of aromatic amines is 1. The number of fused-ring (bicyclic) bond motifs is 1. The number of rotatable bonds is 7. The molecule has 1 saturated heterocycles. The van der Waals surface area contributed by atoms with E-state index in [1.807, 2.05) is 24.4 Å². The molecule has 6 nitrogen and oxygen atoms in total. The summed E-state index contributed by atoms with van der Waals surface area (Å²) in [6.07, 6.45) is 5.88. The van der Waals surface area contributed by atoms with E-state index in [0.29, 0.717) is 24.5 Å². The first-order valence-electron chi connectivity index (χ1n) is 10.4. The van der Waals surface area contributed by atoms with E-state index < -0.39 is 10.0 Å². The van der Waals surface area contributed by atoms with Gasteiger partial charge in [0.05, 0.1) is 11.3 Å². The minimum absolute atomic E-state index is 0.0681. The second kappa shape index (κ2) is 9.02. The Balaban J connectivity index is 1.30. The molecule has 7 heteroatoms. The topological polar surface area (TPSA) is 82.3 Å². The van der Waals surface area contributed by atoms with Crippen LogP contribution < -0.4 is 5.32 Å². The number of hydrogen-bond donors (Lipinski definition) is 2. The number of aromatic nitrogens is 1. The molecule has 2 heterocycles. The van der Waals surface area contributed by atoms with Crippen molar-refractivity contribution in [3.8, 4) is 0 Å². The van der Waals surface area contributed by atoms with Gasteiger partial charge in [-0.3, -0.25) is 4.79 Å². The standard InChI is InChI=1S/C23H27N3O3S/c27-23(24-13-12-19-17-25-22-7-3-2-6-21(19)22)16-18-8-10-20(11-9-18)30(28,29)26-14-4-1-5-15-26/h2-3,6-11,17,25H,1,4-5,12-16H2,(H,24,27). The van der Waals surface area contributed by atoms with Crippen LogP contribution in [0.3, 0.4) is 0 Å². The predicted molar refractivity (Wildman–Crippen MR) is 118 cm³/mol. The molecule has 1 aromatic heterocycles. The van der Waals surface area contributed by atoms with Gasteiger partial charge in [0.25, 0.3) is 0 Å². The third-order valence-corrected chi connectivity index (χ3v) is 7.55. The highest BCUT2D eigenvalue weighted by molar-refractivity contribution is 7.89. The number of carbonyl (C=O) groups excluding carboxylic acids is 1. The van der Waals surface area contributed by atoms with E-state index in [2.05, 4.69) is 16.4 Å². The summed E-state index contributed by atoms with van der Waals surface area (Å²) in [6, 6.07) is 14.8. The van der Waals surface area contributed by atoms with Crippen LogP contribution in [-0.4, -0.2) is 43.2 Å². The zero-order valence-corrected chi connectivity index (χ0v) is 17.7. The highest BCUT2D eigenvalue weighted by Gasteiger charge is 2.25. The Morgan fingerprint density at radius 3 is 2.50 bits per heavy atom. The summed E-state index contributed by atoms with van der Waals surface area (Å²) >= 11 is 0. The molecule has 0 atom stereocenters. The molecular formula is C23H27N3O3S. The van der Waals surface area contributed by atoms with Crippen molar-refractivity contribution in [2.45, 2.75) is 37.0 Å². The fraction of sp³-hybridized carbons (Fsp3) is 0.348. The minimum Gasteiger partial charge on any atom is -0.361 e. The smallest absolute Gasteiger partial charge is 0.243 e. The van der Waals surface area contributed by atoms with E-state index in [0.717, 1.165) is 36.8 Å². The Morgan fingerprint density at radius 2 is 1.73 bits per heavy atom. The zero-order valence-electron chi connectivity index (χ0n) is 16.9. The molecule has 158 valence electrons. The van der Waals surface area contributed by atoms with E-state index in [1.165, 1.54) is 10.9 Å². The molecule has 0 radical (unpaired) electrons. The largest absolute Gasteiger partial charge is 0.361 e. The average Bonchev–Trinajstić information content (AvgIpc) is 3.18. The van der Waals surface area contributed by atoms with Crippen molar-refractivity contribution in [2.75, 3.05) is 19.6 Å². The lowest BCUT2D eigenvalue weighted by atomic mass is 10.1. The number of amides is 1. The van der Waals surface area contributed by atoms with Crippen LogP contribution in [0.4, 0.5) is 0 Å². The maximum atomic E-state index is 12.7. The fourth-order valence-electron chi connectivity index (χ4n) is 3.96. The van der Waals surface area contributed by atoms with Gasteiger partial charge in [-0.25, -0.2) is 8.42 Å². The lowest BCUT2D eigenvalue weighted by Gasteiger charge is -2.25. The van der Waals surface area contributed by atoms with Gasteiger partial charge in [0.2, 0.25) is 15.9 Å². The summed E-state index contributed by atoms with van der Waals surface area (Å²) < 4.78 is 27.0. The molecule has 1 aliphatic rings. The van der Waals surface area contributed by atoms with Crippen LogP contribution in [0.5, 0.6) is 0 Å². The Bertz CT molecular complexity index is 1110. The van der Waals surface area contributed by atoms with E-state index in [9.17, 15) is 13.2 Å². The molecular weight excluding hydrogens is 398 g/mol. The lowest BCUT2D eigenvalue weighted by molar-refractivity contribution is -0.120. The number of H-pyrrole nitrogens is 1. The molecule has 0 unspecified atom stereocenters. The van der Waals surface area contributed by atoms with Crippen molar-refractivity contribution in [3.63, 3.8) is 0 Å². The molecule has 1 fully saturated rings. The van der Waals surface area contributed by atoms with Gasteiger partial charge in [-0.1, -0.05) is 36.8 Å². The number of carbonyl (C=O) groups is 1. The number of piperidine rings is 1. The van der Waals surface area contributed by atoms with Crippen LogP contribution in [0.1, 0.15) is 30.4 Å². The van der Waals surface area contributed by atoms with Gasteiger partial charge in [-0.2, -0.15) is 4.31 Å². The average molecular weight is 426 g/mol. The molecule has 30 heavy (non-hydrogen) atoms. The number of nitrogens with zero attached hydrogens (tertiary/aromatic N) is 1. The number of nitrogens with one attached hydrogen (secondary N) is 2. The second-order valence-corrected chi connectivity index (χ2v) is 9.68. The first-order valence-corrected chi connectivity index (χ1v) is 11.9. The molecule has 3 aromatic rings. The summed E-state index contributed by atoms with van der Waals surface area (Å²) in [7, 11) is -3.43. The third kappa shape index (κ3) is 4.57. The SMILES string of the molecule is O=C(Cc1ccc(S(=O)(=O)N2CCCCC2)cc1)NCCc1c[nH]c2ccccc12. The van der Waals surface area contributed by atoms with Crippen molar-refractivity contribution < 1.29 is 13.2 Å². The van der Waals surface area contributed by atoms with Crippen molar-refractivity contribution >= 4 is 26.8 Å². The van der Waals surface area contributed by atoms with Gasteiger partial charge < -0.3 is 10.3 Å². The summed E-state index contributed by atoms with van der Waals surface area (Å²) in [5.74, 6) is -0.0681. The summed E-state index contributed by atoms with van der Waals surface area (Å²) in [6.45, 7) is 1.73. The number of sulfonamides is 1. The summed E-state index contributed by atoms with van der Waals surface area (Å²) in [5.41, 5.74) is 3.08. The monoisotopic (exact) mass is 425 g/mol. The molecule has 0 spiro atoms. The lowest BCUT2D eigenvalue weighted by Crippen LogP contribution is -2.35. The van der Waals surface area contributed by atoms with Crippen LogP contribution >= 0.6 is 0 Å². The highest BCUT2D eigenvalue weighted by atomic mass is 32.2. The van der Waals surface area contributed by atoms with E-state index in [4.69, 9.17) is 0 Å². The van der Waals surface area contributed by atoms with Gasteiger partial charge >= 0.3 is 0 Å². The van der Waals surface area contributed by atoms with Crippen LogP contribution in [0.25, 0.3) is 10.9 Å².